The van der Waals surface area contributed by atoms with Crippen molar-refractivity contribution in [1.29, 1.82) is 0 Å². The molecule has 1 saturated heterocycles. The smallest absolute Gasteiger partial charge is 0.335 e. The van der Waals surface area contributed by atoms with Gasteiger partial charge in [0.1, 0.15) is 0 Å². The first kappa shape index (κ1) is 15.3. The molecular weight excluding hydrogens is 274 g/mol. The van der Waals surface area contributed by atoms with Gasteiger partial charge in [-0.1, -0.05) is 23.7 Å². The molecule has 4 nitrogen and oxygen atoms in total. The number of likely N-dealkylation sites (N-methyl/N-ethyl adjacent to an activating group) is 1. The van der Waals surface area contributed by atoms with Crippen molar-refractivity contribution in [3.63, 3.8) is 0 Å². The van der Waals surface area contributed by atoms with Gasteiger partial charge < -0.3 is 10.0 Å². The first-order valence-corrected chi connectivity index (χ1v) is 6.66. The Hall–Kier alpha value is -0.750. The quantitative estimate of drug-likeness (QED) is 0.850. The highest BCUT2D eigenvalue weighted by molar-refractivity contribution is 7.51. The minimum Gasteiger partial charge on any atom is -0.391 e. The van der Waals surface area contributed by atoms with Gasteiger partial charge in [-0.25, -0.2) is 0 Å². The number of hydrogen-bond donors (Lipinski definition) is 1. The molecule has 2 unspecified atom stereocenters. The Balaban J connectivity index is 0.000000492. The van der Waals surface area contributed by atoms with E-state index in [2.05, 4.69) is 4.90 Å². The second-order valence-electron chi connectivity index (χ2n) is 4.34. The Bertz CT molecular complexity index is 406. The molecule has 0 spiro atoms. The zero-order valence-corrected chi connectivity index (χ0v) is 11.7. The van der Waals surface area contributed by atoms with Gasteiger partial charge in [0.2, 0.25) is 0 Å². The van der Waals surface area contributed by atoms with E-state index in [4.69, 9.17) is 20.0 Å². The zero-order chi connectivity index (χ0) is 13.5. The number of halogens is 1. The fourth-order valence-corrected chi connectivity index (χ4v) is 2.31. The molecule has 100 valence electrons. The summed E-state index contributed by atoms with van der Waals surface area (Å²) in [6, 6.07) is 7.81. The van der Waals surface area contributed by atoms with Gasteiger partial charge >= 0.3 is 11.6 Å². The molecule has 0 amide bonds. The largest absolute Gasteiger partial charge is 0.391 e. The lowest BCUT2D eigenvalue weighted by Gasteiger charge is -2.33. The average molecular weight is 290 g/mol. The zero-order valence-electron chi connectivity index (χ0n) is 10.1. The maximum atomic E-state index is 9.99. The van der Waals surface area contributed by atoms with E-state index in [1.54, 1.807) is 0 Å². The van der Waals surface area contributed by atoms with E-state index < -0.39 is 11.6 Å². The van der Waals surface area contributed by atoms with Crippen LogP contribution in [-0.2, 0) is 11.6 Å². The van der Waals surface area contributed by atoms with Crippen molar-refractivity contribution in [2.24, 2.45) is 0 Å². The van der Waals surface area contributed by atoms with Crippen LogP contribution in [-0.4, -0.2) is 44.7 Å². The highest BCUT2D eigenvalue weighted by Crippen LogP contribution is 2.28. The minimum atomic E-state index is -0.750. The molecule has 1 aromatic rings. The molecule has 1 fully saturated rings. The van der Waals surface area contributed by atoms with Gasteiger partial charge in [0.25, 0.3) is 0 Å². The Morgan fingerprint density at radius 2 is 1.89 bits per heavy atom. The van der Waals surface area contributed by atoms with Crippen molar-refractivity contribution < 1.29 is 13.5 Å². The lowest BCUT2D eigenvalue weighted by atomic mass is 9.87. The normalized spacial score (nSPS) is 23.9. The van der Waals surface area contributed by atoms with Crippen molar-refractivity contribution in [2.45, 2.75) is 18.4 Å². The molecule has 2 rings (SSSR count). The van der Waals surface area contributed by atoms with E-state index in [9.17, 15) is 5.11 Å². The average Bonchev–Trinajstić information content (AvgIpc) is 2.32. The number of aliphatic hydroxyl groups is 1. The molecule has 2 atom stereocenters. The molecule has 1 aliphatic heterocycles. The van der Waals surface area contributed by atoms with E-state index in [1.807, 2.05) is 31.3 Å². The monoisotopic (exact) mass is 289 g/mol. The number of likely N-dealkylation sites (tertiary alicyclic amines) is 1. The summed E-state index contributed by atoms with van der Waals surface area (Å²) in [6.07, 6.45) is 0.754. The van der Waals surface area contributed by atoms with Crippen LogP contribution in [0.15, 0.2) is 24.3 Å². The van der Waals surface area contributed by atoms with Crippen LogP contribution in [0.3, 0.4) is 0 Å². The summed E-state index contributed by atoms with van der Waals surface area (Å²) in [7, 11) is 2.04. The van der Waals surface area contributed by atoms with Crippen LogP contribution in [0.4, 0.5) is 0 Å². The fourth-order valence-electron chi connectivity index (χ4n) is 2.19. The molecule has 0 radical (unpaired) electrons. The van der Waals surface area contributed by atoms with Crippen LogP contribution < -0.4 is 0 Å². The van der Waals surface area contributed by atoms with Gasteiger partial charge in [0.15, 0.2) is 0 Å². The molecule has 0 aromatic heterocycles. The SMILES string of the molecule is CN1CCC(c2ccc(Cl)cc2)C(O)C1.O=S=O. The van der Waals surface area contributed by atoms with Gasteiger partial charge in [-0.05, 0) is 37.7 Å². The van der Waals surface area contributed by atoms with Gasteiger partial charge in [-0.15, -0.1) is 0 Å². The van der Waals surface area contributed by atoms with Crippen molar-refractivity contribution >= 4 is 23.2 Å². The summed E-state index contributed by atoms with van der Waals surface area (Å²) in [4.78, 5) is 2.16. The van der Waals surface area contributed by atoms with Crippen LogP contribution in [0, 0.1) is 0 Å². The second-order valence-corrected chi connectivity index (χ2v) is 4.92. The van der Waals surface area contributed by atoms with E-state index in [1.165, 1.54) is 5.56 Å². The van der Waals surface area contributed by atoms with Crippen LogP contribution in [0.1, 0.15) is 17.9 Å². The van der Waals surface area contributed by atoms with Crippen LogP contribution >= 0.6 is 11.6 Å². The maximum absolute atomic E-state index is 9.99. The van der Waals surface area contributed by atoms with Crippen molar-refractivity contribution in [3.05, 3.63) is 34.9 Å². The third kappa shape index (κ3) is 4.49. The highest BCUT2D eigenvalue weighted by Gasteiger charge is 2.26. The van der Waals surface area contributed by atoms with Crippen molar-refractivity contribution in [1.82, 2.24) is 4.90 Å². The predicted molar refractivity (Wildman–Crippen MR) is 71.2 cm³/mol. The Kier molecular flexibility index (Phi) is 6.49. The fraction of sp³-hybridized carbons (Fsp3) is 0.500. The lowest BCUT2D eigenvalue weighted by molar-refractivity contribution is 0.0638. The van der Waals surface area contributed by atoms with E-state index >= 15 is 0 Å². The minimum absolute atomic E-state index is 0.259. The number of β-amino-alcohol motifs (C(OH)–C–C–N with tert-alkyl or cyclic N) is 1. The summed E-state index contributed by atoms with van der Waals surface area (Å²) < 4.78 is 16.6. The van der Waals surface area contributed by atoms with Crippen molar-refractivity contribution in [3.8, 4) is 0 Å². The lowest BCUT2D eigenvalue weighted by Crippen LogP contribution is -2.40. The summed E-state index contributed by atoms with van der Waals surface area (Å²) in [6.45, 7) is 1.80. The molecule has 0 bridgehead atoms. The topological polar surface area (TPSA) is 57.6 Å². The highest BCUT2D eigenvalue weighted by atomic mass is 35.5. The van der Waals surface area contributed by atoms with Crippen LogP contribution in [0.2, 0.25) is 5.02 Å². The molecule has 0 saturated carbocycles. The van der Waals surface area contributed by atoms with E-state index in [-0.39, 0.29) is 12.0 Å². The number of nitrogens with zero attached hydrogens (tertiary/aromatic N) is 1. The Labute approximate surface area is 115 Å². The first-order valence-electron chi connectivity index (χ1n) is 5.62. The summed E-state index contributed by atoms with van der Waals surface area (Å²) in [5, 5.41) is 10.7. The number of aliphatic hydroxyl groups excluding tert-OH is 1. The van der Waals surface area contributed by atoms with Gasteiger partial charge in [-0.2, -0.15) is 8.42 Å². The molecule has 0 aliphatic carbocycles. The first-order chi connectivity index (χ1) is 8.58. The summed E-state index contributed by atoms with van der Waals surface area (Å²) in [5.41, 5.74) is 1.19. The third-order valence-electron chi connectivity index (χ3n) is 3.08. The Morgan fingerprint density at radius 1 is 1.33 bits per heavy atom. The van der Waals surface area contributed by atoms with Gasteiger partial charge in [0, 0.05) is 17.5 Å². The molecule has 1 heterocycles. The Morgan fingerprint density at radius 3 is 2.39 bits per heavy atom. The molecular formula is C12H16ClNO3S. The second kappa shape index (κ2) is 7.63. The van der Waals surface area contributed by atoms with Crippen molar-refractivity contribution in [2.75, 3.05) is 20.1 Å². The van der Waals surface area contributed by atoms with Gasteiger partial charge in [-0.3, -0.25) is 0 Å². The van der Waals surface area contributed by atoms with Crippen LogP contribution in [0.25, 0.3) is 0 Å². The number of benzene rings is 1. The number of hydrogen-bond acceptors (Lipinski definition) is 4. The van der Waals surface area contributed by atoms with E-state index in [0.717, 1.165) is 24.5 Å². The third-order valence-corrected chi connectivity index (χ3v) is 3.34. The number of rotatable bonds is 1. The molecule has 1 aromatic carbocycles. The standard InChI is InChI=1S/C12H16ClNO.O2S/c1-14-7-6-11(12(15)8-14)9-2-4-10(13)5-3-9;1-3-2/h2-5,11-12,15H,6-8H2,1H3;. The van der Waals surface area contributed by atoms with Gasteiger partial charge in [0.05, 0.1) is 6.10 Å². The summed E-state index contributed by atoms with van der Waals surface area (Å²) >= 11 is 5.09. The molecule has 1 N–H and O–H groups in total. The number of piperidine rings is 1. The molecule has 1 aliphatic rings. The molecule has 18 heavy (non-hydrogen) atoms. The summed E-state index contributed by atoms with van der Waals surface area (Å²) in [5.74, 6) is 0.262. The molecule has 6 heteroatoms. The maximum Gasteiger partial charge on any atom is 0.335 e. The predicted octanol–water partition coefficient (Wildman–Crippen LogP) is 1.45. The van der Waals surface area contributed by atoms with E-state index in [0.29, 0.717) is 0 Å². The van der Waals surface area contributed by atoms with Crippen LogP contribution in [0.5, 0.6) is 0 Å².